The highest BCUT2D eigenvalue weighted by atomic mass is 16.7. The molecule has 1 unspecified atom stereocenters. The fourth-order valence-corrected chi connectivity index (χ4v) is 2.12. The third-order valence-corrected chi connectivity index (χ3v) is 3.24. The Labute approximate surface area is 130 Å². The predicted octanol–water partition coefficient (Wildman–Crippen LogP) is 2.11. The van der Waals surface area contributed by atoms with Gasteiger partial charge in [0.25, 0.3) is 5.91 Å². The van der Waals surface area contributed by atoms with Crippen molar-refractivity contribution in [2.24, 2.45) is 4.99 Å². The third-order valence-electron chi connectivity index (χ3n) is 3.24. The number of carbonyl (C=O) groups is 1. The van der Waals surface area contributed by atoms with Gasteiger partial charge in [-0.1, -0.05) is 18.2 Å². The first-order chi connectivity index (χ1) is 10.4. The summed E-state index contributed by atoms with van der Waals surface area (Å²) in [6, 6.07) is 7.18. The van der Waals surface area contributed by atoms with Crippen molar-refractivity contribution in [1.82, 2.24) is 5.48 Å². The molecular formula is C16H23N3O3. The molecule has 1 aromatic rings. The SMILES string of the molecule is CC(C)(C)N=CC(CON1C(=O)CCc2ccccc21)NO. The van der Waals surface area contributed by atoms with E-state index in [9.17, 15) is 10.0 Å². The second-order valence-corrected chi connectivity index (χ2v) is 6.30. The molecule has 2 rings (SSSR count). The molecule has 1 atom stereocenters. The Balaban J connectivity index is 2.04. The fraction of sp³-hybridized carbons (Fsp3) is 0.500. The molecule has 0 spiro atoms. The maximum absolute atomic E-state index is 12.1. The van der Waals surface area contributed by atoms with Gasteiger partial charge in [0.2, 0.25) is 0 Å². The minimum atomic E-state index is -0.485. The first-order valence-corrected chi connectivity index (χ1v) is 7.39. The van der Waals surface area contributed by atoms with Gasteiger partial charge in [-0.2, -0.15) is 10.5 Å². The van der Waals surface area contributed by atoms with E-state index in [1.807, 2.05) is 45.0 Å². The van der Waals surface area contributed by atoms with Gasteiger partial charge < -0.3 is 5.21 Å². The molecule has 120 valence electrons. The lowest BCUT2D eigenvalue weighted by molar-refractivity contribution is -0.126. The van der Waals surface area contributed by atoms with Crippen molar-refractivity contribution in [3.8, 4) is 0 Å². The van der Waals surface area contributed by atoms with Gasteiger partial charge in [0.15, 0.2) is 0 Å². The number of para-hydroxylation sites is 1. The Bertz CT molecular complexity index is 552. The predicted molar refractivity (Wildman–Crippen MR) is 85.2 cm³/mol. The van der Waals surface area contributed by atoms with Crippen molar-refractivity contribution < 1.29 is 14.8 Å². The van der Waals surface area contributed by atoms with E-state index in [0.717, 1.165) is 17.7 Å². The van der Waals surface area contributed by atoms with Gasteiger partial charge in [0.1, 0.15) is 0 Å². The lowest BCUT2D eigenvalue weighted by atomic mass is 10.0. The number of hydrogen-bond donors (Lipinski definition) is 2. The van der Waals surface area contributed by atoms with E-state index in [2.05, 4.69) is 10.5 Å². The lowest BCUT2D eigenvalue weighted by Gasteiger charge is -2.29. The van der Waals surface area contributed by atoms with Crippen LogP contribution >= 0.6 is 0 Å². The zero-order valence-corrected chi connectivity index (χ0v) is 13.2. The summed E-state index contributed by atoms with van der Waals surface area (Å²) in [7, 11) is 0. The Kier molecular flexibility index (Phi) is 5.28. The second kappa shape index (κ2) is 7.00. The van der Waals surface area contributed by atoms with Gasteiger partial charge in [0, 0.05) is 12.6 Å². The molecule has 1 heterocycles. The van der Waals surface area contributed by atoms with Crippen LogP contribution < -0.4 is 10.5 Å². The Morgan fingerprint density at radius 2 is 2.14 bits per heavy atom. The number of nitrogens with one attached hydrogen (secondary N) is 1. The third kappa shape index (κ3) is 4.37. The molecule has 1 amide bonds. The number of carbonyl (C=O) groups excluding carboxylic acids is 1. The van der Waals surface area contributed by atoms with Gasteiger partial charge in [0.05, 0.1) is 23.9 Å². The van der Waals surface area contributed by atoms with Gasteiger partial charge in [-0.25, -0.2) is 0 Å². The molecule has 6 heteroatoms. The summed E-state index contributed by atoms with van der Waals surface area (Å²) in [5, 5.41) is 10.5. The summed E-state index contributed by atoms with van der Waals surface area (Å²) >= 11 is 0. The minimum Gasteiger partial charge on any atom is -0.316 e. The summed E-state index contributed by atoms with van der Waals surface area (Å²) < 4.78 is 0. The normalized spacial score (nSPS) is 16.9. The average Bonchev–Trinajstić information content (AvgIpc) is 2.48. The molecule has 1 aliphatic rings. The number of aliphatic imine (C=N–C) groups is 1. The van der Waals surface area contributed by atoms with Crippen LogP contribution in [0.5, 0.6) is 0 Å². The molecule has 1 aromatic carbocycles. The largest absolute Gasteiger partial charge is 0.316 e. The van der Waals surface area contributed by atoms with Crippen LogP contribution in [0.25, 0.3) is 0 Å². The van der Waals surface area contributed by atoms with Crippen LogP contribution in [0.4, 0.5) is 5.69 Å². The summed E-state index contributed by atoms with van der Waals surface area (Å²) in [5.74, 6) is -0.0804. The summed E-state index contributed by atoms with van der Waals surface area (Å²) in [6.45, 7) is 5.99. The molecule has 0 aliphatic carbocycles. The molecule has 2 N–H and O–H groups in total. The van der Waals surface area contributed by atoms with Crippen molar-refractivity contribution >= 4 is 17.8 Å². The highest BCUT2D eigenvalue weighted by Gasteiger charge is 2.25. The van der Waals surface area contributed by atoms with E-state index in [4.69, 9.17) is 4.84 Å². The number of anilines is 1. The number of aryl methyl sites for hydroxylation is 1. The van der Waals surface area contributed by atoms with E-state index >= 15 is 0 Å². The van der Waals surface area contributed by atoms with Crippen molar-refractivity contribution in [2.45, 2.75) is 45.2 Å². The number of hydroxylamine groups is 2. The Morgan fingerprint density at radius 1 is 1.41 bits per heavy atom. The Hall–Kier alpha value is -1.76. The zero-order chi connectivity index (χ0) is 16.2. The van der Waals surface area contributed by atoms with Gasteiger partial charge >= 0.3 is 0 Å². The van der Waals surface area contributed by atoms with Gasteiger partial charge in [-0.3, -0.25) is 14.6 Å². The molecule has 0 saturated heterocycles. The van der Waals surface area contributed by atoms with Crippen molar-refractivity contribution in [3.05, 3.63) is 29.8 Å². The number of fused-ring (bicyclic) bond motifs is 1. The monoisotopic (exact) mass is 305 g/mol. The number of nitrogens with zero attached hydrogens (tertiary/aromatic N) is 2. The molecule has 0 bridgehead atoms. The molecule has 0 fully saturated rings. The van der Waals surface area contributed by atoms with Gasteiger partial charge in [-0.15, -0.1) is 0 Å². The highest BCUT2D eigenvalue weighted by Crippen LogP contribution is 2.27. The van der Waals surface area contributed by atoms with Crippen molar-refractivity contribution in [2.75, 3.05) is 11.7 Å². The second-order valence-electron chi connectivity index (χ2n) is 6.30. The summed E-state index contributed by atoms with van der Waals surface area (Å²) in [5.41, 5.74) is 3.76. The maximum Gasteiger partial charge on any atom is 0.251 e. The molecule has 22 heavy (non-hydrogen) atoms. The quantitative estimate of drug-likeness (QED) is 0.645. The lowest BCUT2D eigenvalue weighted by Crippen LogP contribution is -2.41. The van der Waals surface area contributed by atoms with Crippen LogP contribution in [-0.4, -0.2) is 35.5 Å². The van der Waals surface area contributed by atoms with Crippen molar-refractivity contribution in [3.63, 3.8) is 0 Å². The molecule has 1 aliphatic heterocycles. The standard InChI is InChI=1S/C16H23N3O3/c1-16(2,3)17-10-13(18-21)11-22-19-14-7-5-4-6-12(14)8-9-15(19)20/h4-7,10,13,18,21H,8-9,11H2,1-3H3. The van der Waals surface area contributed by atoms with Crippen LogP contribution in [0, 0.1) is 0 Å². The smallest absolute Gasteiger partial charge is 0.251 e. The van der Waals surface area contributed by atoms with E-state index in [0.29, 0.717) is 6.42 Å². The van der Waals surface area contributed by atoms with Crippen LogP contribution in [0.1, 0.15) is 32.8 Å². The van der Waals surface area contributed by atoms with Crippen molar-refractivity contribution in [1.29, 1.82) is 0 Å². The van der Waals surface area contributed by atoms with E-state index in [1.54, 1.807) is 6.21 Å². The molecule has 0 saturated carbocycles. The van der Waals surface area contributed by atoms with E-state index in [1.165, 1.54) is 5.06 Å². The molecule has 0 aromatic heterocycles. The van der Waals surface area contributed by atoms with Crippen LogP contribution in [-0.2, 0) is 16.1 Å². The number of benzene rings is 1. The van der Waals surface area contributed by atoms with E-state index in [-0.39, 0.29) is 18.1 Å². The molecular weight excluding hydrogens is 282 g/mol. The number of amides is 1. The van der Waals surface area contributed by atoms with Crippen LogP contribution in [0.3, 0.4) is 0 Å². The van der Waals surface area contributed by atoms with Crippen LogP contribution in [0.15, 0.2) is 29.3 Å². The molecule has 0 radical (unpaired) electrons. The number of hydrogen-bond acceptors (Lipinski definition) is 5. The Morgan fingerprint density at radius 3 is 2.82 bits per heavy atom. The maximum atomic E-state index is 12.1. The topological polar surface area (TPSA) is 74.2 Å². The minimum absolute atomic E-state index is 0.0804. The summed E-state index contributed by atoms with van der Waals surface area (Å²) in [4.78, 5) is 22.0. The fourth-order valence-electron chi connectivity index (χ4n) is 2.12. The highest BCUT2D eigenvalue weighted by molar-refractivity contribution is 5.94. The first kappa shape index (κ1) is 16.6. The molecule has 6 nitrogen and oxygen atoms in total. The van der Waals surface area contributed by atoms with E-state index < -0.39 is 6.04 Å². The van der Waals surface area contributed by atoms with Crippen LogP contribution in [0.2, 0.25) is 0 Å². The first-order valence-electron chi connectivity index (χ1n) is 7.39. The zero-order valence-electron chi connectivity index (χ0n) is 13.2. The number of rotatable bonds is 5. The average molecular weight is 305 g/mol. The van der Waals surface area contributed by atoms with Gasteiger partial charge in [-0.05, 0) is 38.8 Å². The summed E-state index contributed by atoms with van der Waals surface area (Å²) in [6.07, 6.45) is 2.74.